The van der Waals surface area contributed by atoms with E-state index in [1.165, 1.54) is 4.90 Å². The monoisotopic (exact) mass is 281 g/mol. The maximum atomic E-state index is 12.6. The summed E-state index contributed by atoms with van der Waals surface area (Å²) in [5.74, 6) is -0.162. The van der Waals surface area contributed by atoms with Gasteiger partial charge in [-0.05, 0) is 12.3 Å². The van der Waals surface area contributed by atoms with E-state index in [9.17, 15) is 23.1 Å². The lowest BCUT2D eigenvalue weighted by molar-refractivity contribution is -0.272. The summed E-state index contributed by atoms with van der Waals surface area (Å²) in [4.78, 5) is 13.5. The standard InChI is InChI=1S/C12H18F3NO3/c1-8-2-7-19-9(8)10(17)16-5-3-11(18,4-6-16)12(13,14)15/h8-9,18H,2-7H2,1H3. The lowest BCUT2D eigenvalue weighted by Crippen LogP contribution is -2.56. The molecule has 2 saturated heterocycles. The fourth-order valence-electron chi connectivity index (χ4n) is 2.57. The number of alkyl halides is 3. The molecule has 2 aliphatic rings. The summed E-state index contributed by atoms with van der Waals surface area (Å²) in [6.07, 6.45) is -5.33. The first kappa shape index (κ1) is 14.6. The topological polar surface area (TPSA) is 49.8 Å². The van der Waals surface area contributed by atoms with Crippen LogP contribution in [-0.4, -0.2) is 53.5 Å². The Labute approximate surface area is 109 Å². The predicted octanol–water partition coefficient (Wildman–Crippen LogP) is 1.33. The Morgan fingerprint density at radius 1 is 1.37 bits per heavy atom. The number of likely N-dealkylation sites (tertiary alicyclic amines) is 1. The van der Waals surface area contributed by atoms with Crippen LogP contribution in [-0.2, 0) is 9.53 Å². The van der Waals surface area contributed by atoms with Gasteiger partial charge in [-0.2, -0.15) is 13.2 Å². The molecule has 2 aliphatic heterocycles. The molecule has 7 heteroatoms. The van der Waals surface area contributed by atoms with Crippen molar-refractivity contribution in [2.45, 2.75) is 44.1 Å². The molecule has 0 aliphatic carbocycles. The number of carbonyl (C=O) groups excluding carboxylic acids is 1. The van der Waals surface area contributed by atoms with Crippen molar-refractivity contribution in [2.75, 3.05) is 19.7 Å². The number of aliphatic hydroxyl groups is 1. The van der Waals surface area contributed by atoms with Gasteiger partial charge in [0, 0.05) is 32.5 Å². The van der Waals surface area contributed by atoms with Crippen molar-refractivity contribution >= 4 is 5.91 Å². The minimum Gasteiger partial charge on any atom is -0.380 e. The Balaban J connectivity index is 1.95. The van der Waals surface area contributed by atoms with Crippen LogP contribution in [0.4, 0.5) is 13.2 Å². The molecule has 0 aromatic rings. The fraction of sp³-hybridized carbons (Fsp3) is 0.917. The zero-order chi connectivity index (χ0) is 14.3. The summed E-state index contributed by atoms with van der Waals surface area (Å²) in [7, 11) is 0. The van der Waals surface area contributed by atoms with Crippen molar-refractivity contribution in [3.05, 3.63) is 0 Å². The Kier molecular flexibility index (Phi) is 3.79. The second kappa shape index (κ2) is 4.94. The van der Waals surface area contributed by atoms with Gasteiger partial charge in [-0.15, -0.1) is 0 Å². The van der Waals surface area contributed by atoms with Crippen molar-refractivity contribution in [1.29, 1.82) is 0 Å². The fourth-order valence-corrected chi connectivity index (χ4v) is 2.57. The van der Waals surface area contributed by atoms with Crippen LogP contribution in [0.25, 0.3) is 0 Å². The van der Waals surface area contributed by atoms with Crippen LogP contribution in [0, 0.1) is 5.92 Å². The molecule has 0 bridgehead atoms. The first-order chi connectivity index (χ1) is 8.74. The molecule has 1 N–H and O–H groups in total. The average molecular weight is 281 g/mol. The van der Waals surface area contributed by atoms with E-state index in [0.29, 0.717) is 6.61 Å². The summed E-state index contributed by atoms with van der Waals surface area (Å²) in [5.41, 5.74) is -2.66. The number of halogens is 3. The summed E-state index contributed by atoms with van der Waals surface area (Å²) >= 11 is 0. The molecule has 0 saturated carbocycles. The highest BCUT2D eigenvalue weighted by Gasteiger charge is 2.55. The molecular formula is C12H18F3NO3. The van der Waals surface area contributed by atoms with Crippen molar-refractivity contribution in [3.8, 4) is 0 Å². The van der Waals surface area contributed by atoms with Gasteiger partial charge in [0.05, 0.1) is 0 Å². The zero-order valence-corrected chi connectivity index (χ0v) is 10.7. The SMILES string of the molecule is CC1CCOC1C(=O)N1CCC(O)(C(F)(F)F)CC1. The Hall–Kier alpha value is -0.820. The summed E-state index contributed by atoms with van der Waals surface area (Å²) in [5, 5.41) is 9.53. The van der Waals surface area contributed by atoms with E-state index in [2.05, 4.69) is 0 Å². The number of rotatable bonds is 1. The Morgan fingerprint density at radius 3 is 2.37 bits per heavy atom. The van der Waals surface area contributed by atoms with Gasteiger partial charge in [-0.3, -0.25) is 4.79 Å². The molecule has 2 atom stereocenters. The van der Waals surface area contributed by atoms with Crippen LogP contribution in [0.3, 0.4) is 0 Å². The maximum absolute atomic E-state index is 12.6. The first-order valence-corrected chi connectivity index (χ1v) is 6.44. The van der Waals surface area contributed by atoms with Crippen LogP contribution >= 0.6 is 0 Å². The van der Waals surface area contributed by atoms with Gasteiger partial charge in [-0.25, -0.2) is 0 Å². The molecule has 0 radical (unpaired) electrons. The van der Waals surface area contributed by atoms with Crippen LogP contribution < -0.4 is 0 Å². The van der Waals surface area contributed by atoms with Crippen molar-refractivity contribution < 1.29 is 27.8 Å². The number of carbonyl (C=O) groups is 1. The van der Waals surface area contributed by atoms with E-state index in [0.717, 1.165) is 6.42 Å². The lowest BCUT2D eigenvalue weighted by atomic mass is 9.90. The Morgan fingerprint density at radius 2 is 1.95 bits per heavy atom. The van der Waals surface area contributed by atoms with Crippen molar-refractivity contribution in [2.24, 2.45) is 5.92 Å². The molecule has 110 valence electrons. The molecule has 0 spiro atoms. The highest BCUT2D eigenvalue weighted by molar-refractivity contribution is 5.81. The van der Waals surface area contributed by atoms with Crippen LogP contribution in [0.15, 0.2) is 0 Å². The number of nitrogens with zero attached hydrogens (tertiary/aromatic N) is 1. The van der Waals surface area contributed by atoms with Gasteiger partial charge in [0.2, 0.25) is 0 Å². The third-order valence-electron chi connectivity index (χ3n) is 4.06. The maximum Gasteiger partial charge on any atom is 0.417 e. The quantitative estimate of drug-likeness (QED) is 0.789. The number of hydrogen-bond donors (Lipinski definition) is 1. The molecule has 19 heavy (non-hydrogen) atoms. The van der Waals surface area contributed by atoms with E-state index in [1.54, 1.807) is 0 Å². The first-order valence-electron chi connectivity index (χ1n) is 6.44. The number of hydrogen-bond acceptors (Lipinski definition) is 3. The molecule has 2 fully saturated rings. The third-order valence-corrected chi connectivity index (χ3v) is 4.06. The predicted molar refractivity (Wildman–Crippen MR) is 60.3 cm³/mol. The van der Waals surface area contributed by atoms with E-state index >= 15 is 0 Å². The molecule has 1 amide bonds. The second-order valence-corrected chi connectivity index (χ2v) is 5.41. The highest BCUT2D eigenvalue weighted by atomic mass is 19.4. The van der Waals surface area contributed by atoms with Gasteiger partial charge < -0.3 is 14.7 Å². The number of amides is 1. The molecular weight excluding hydrogens is 263 g/mol. The van der Waals surface area contributed by atoms with E-state index in [4.69, 9.17) is 4.74 Å². The minimum absolute atomic E-state index is 0.0819. The normalized spacial score (nSPS) is 31.5. The molecule has 2 heterocycles. The molecule has 0 aromatic carbocycles. The molecule has 2 unspecified atom stereocenters. The molecule has 4 nitrogen and oxygen atoms in total. The number of piperidine rings is 1. The molecule has 0 aromatic heterocycles. The van der Waals surface area contributed by atoms with E-state index in [-0.39, 0.29) is 24.9 Å². The van der Waals surface area contributed by atoms with Gasteiger partial charge >= 0.3 is 6.18 Å². The van der Waals surface area contributed by atoms with Gasteiger partial charge in [0.1, 0.15) is 6.10 Å². The van der Waals surface area contributed by atoms with Crippen molar-refractivity contribution in [3.63, 3.8) is 0 Å². The largest absolute Gasteiger partial charge is 0.417 e. The lowest BCUT2D eigenvalue weighted by Gasteiger charge is -2.40. The zero-order valence-electron chi connectivity index (χ0n) is 10.7. The van der Waals surface area contributed by atoms with Gasteiger partial charge in [-0.1, -0.05) is 6.92 Å². The van der Waals surface area contributed by atoms with Crippen LogP contribution in [0.1, 0.15) is 26.2 Å². The summed E-state index contributed by atoms with van der Waals surface area (Å²) in [6, 6.07) is 0. The molecule has 2 rings (SSSR count). The van der Waals surface area contributed by atoms with E-state index in [1.807, 2.05) is 6.92 Å². The third kappa shape index (κ3) is 2.72. The van der Waals surface area contributed by atoms with Gasteiger partial charge in [0.25, 0.3) is 5.91 Å². The second-order valence-electron chi connectivity index (χ2n) is 5.41. The van der Waals surface area contributed by atoms with Crippen LogP contribution in [0.5, 0.6) is 0 Å². The summed E-state index contributed by atoms with van der Waals surface area (Å²) < 4.78 is 43.2. The van der Waals surface area contributed by atoms with Gasteiger partial charge in [0.15, 0.2) is 5.60 Å². The smallest absolute Gasteiger partial charge is 0.380 e. The van der Waals surface area contributed by atoms with Crippen molar-refractivity contribution in [1.82, 2.24) is 4.90 Å². The minimum atomic E-state index is -4.64. The number of ether oxygens (including phenoxy) is 1. The average Bonchev–Trinajstić information content (AvgIpc) is 2.74. The van der Waals surface area contributed by atoms with Crippen LogP contribution in [0.2, 0.25) is 0 Å². The highest BCUT2D eigenvalue weighted by Crippen LogP contribution is 2.38. The Bertz CT molecular complexity index is 351. The summed E-state index contributed by atoms with van der Waals surface area (Å²) in [6.45, 7) is 2.24. The van der Waals surface area contributed by atoms with E-state index < -0.39 is 30.7 Å².